The topological polar surface area (TPSA) is 83.0 Å². The first kappa shape index (κ1) is 29.3. The first-order chi connectivity index (χ1) is 17.4. The fraction of sp³-hybridized carbons (Fsp3) is 0.462. The second-order valence-electron chi connectivity index (χ2n) is 8.65. The van der Waals surface area contributed by atoms with Crippen molar-refractivity contribution in [1.82, 2.24) is 14.2 Å². The van der Waals surface area contributed by atoms with Crippen molar-refractivity contribution in [3.63, 3.8) is 0 Å². The minimum atomic E-state index is -3.53. The highest BCUT2D eigenvalue weighted by atomic mass is 35.5. The number of carbonyl (C=O) groups is 1. The van der Waals surface area contributed by atoms with Crippen LogP contribution in [-0.4, -0.2) is 74.4 Å². The van der Waals surface area contributed by atoms with E-state index in [9.17, 15) is 13.2 Å². The molecule has 0 radical (unpaired) electrons. The summed E-state index contributed by atoms with van der Waals surface area (Å²) in [5.74, 6) is 0.495. The number of halogens is 1. The molecule has 3 aromatic rings. The summed E-state index contributed by atoms with van der Waals surface area (Å²) in [6.07, 6.45) is 1.76. The third-order valence-corrected chi connectivity index (χ3v) is 9.44. The quantitative estimate of drug-likeness (QED) is 0.350. The van der Waals surface area contributed by atoms with Crippen LogP contribution >= 0.6 is 11.3 Å². The molecule has 37 heavy (non-hydrogen) atoms. The number of hydrogen-bond donors (Lipinski definition) is 0. The Balaban J connectivity index is 0.00000380. The van der Waals surface area contributed by atoms with Gasteiger partial charge in [-0.05, 0) is 69.3 Å². The SMILES string of the molecule is CCOc1cccc2sc(N(CCN(CC)CC)C(=O)c3ccc(S(=O)(=O)N4CCCC4)cc3)nc12.[Cl-]. The first-order valence-corrected chi connectivity index (χ1v) is 14.8. The van der Waals surface area contributed by atoms with Crippen LogP contribution < -0.4 is 22.0 Å². The van der Waals surface area contributed by atoms with Crippen LogP contribution in [0, 0.1) is 0 Å². The van der Waals surface area contributed by atoms with Gasteiger partial charge in [0.2, 0.25) is 10.0 Å². The van der Waals surface area contributed by atoms with E-state index in [0.717, 1.165) is 36.1 Å². The summed E-state index contributed by atoms with van der Waals surface area (Å²) in [4.78, 5) is 22.7. The van der Waals surface area contributed by atoms with Crippen molar-refractivity contribution in [2.24, 2.45) is 0 Å². The minimum absolute atomic E-state index is 0. The molecule has 0 saturated carbocycles. The third kappa shape index (κ3) is 6.43. The summed E-state index contributed by atoms with van der Waals surface area (Å²) in [6, 6.07) is 12.1. The lowest BCUT2D eigenvalue weighted by Crippen LogP contribution is -3.00. The average Bonchev–Trinajstić information content (AvgIpc) is 3.58. The number of sulfonamides is 1. The number of carbonyl (C=O) groups excluding carboxylic acids is 1. The molecule has 0 bridgehead atoms. The van der Waals surface area contributed by atoms with E-state index in [2.05, 4.69) is 18.7 Å². The van der Waals surface area contributed by atoms with Crippen molar-refractivity contribution >= 4 is 42.6 Å². The van der Waals surface area contributed by atoms with Crippen LogP contribution in [0.4, 0.5) is 5.13 Å². The number of anilines is 1. The zero-order valence-electron chi connectivity index (χ0n) is 21.5. The number of hydrogen-bond acceptors (Lipinski definition) is 7. The lowest BCUT2D eigenvalue weighted by Gasteiger charge is -2.25. The van der Waals surface area contributed by atoms with E-state index in [0.29, 0.717) is 49.2 Å². The Labute approximate surface area is 229 Å². The van der Waals surface area contributed by atoms with Crippen LogP contribution in [0.3, 0.4) is 0 Å². The van der Waals surface area contributed by atoms with E-state index in [4.69, 9.17) is 9.72 Å². The number of fused-ring (bicyclic) bond motifs is 1. The van der Waals surface area contributed by atoms with Gasteiger partial charge in [0.15, 0.2) is 5.13 Å². The van der Waals surface area contributed by atoms with Gasteiger partial charge in [0, 0.05) is 31.7 Å². The van der Waals surface area contributed by atoms with E-state index in [1.165, 1.54) is 27.8 Å². The van der Waals surface area contributed by atoms with E-state index in [1.807, 2.05) is 25.1 Å². The Morgan fingerprint density at radius 2 is 1.70 bits per heavy atom. The van der Waals surface area contributed by atoms with Gasteiger partial charge < -0.3 is 22.0 Å². The van der Waals surface area contributed by atoms with Crippen LogP contribution in [0.25, 0.3) is 10.2 Å². The lowest BCUT2D eigenvalue weighted by molar-refractivity contribution is -0.0000180. The number of benzene rings is 2. The molecular weight excluding hydrogens is 532 g/mol. The predicted octanol–water partition coefficient (Wildman–Crippen LogP) is 1.47. The van der Waals surface area contributed by atoms with Crippen LogP contribution in [0.5, 0.6) is 5.75 Å². The van der Waals surface area contributed by atoms with Gasteiger partial charge in [-0.3, -0.25) is 9.69 Å². The van der Waals surface area contributed by atoms with Crippen molar-refractivity contribution < 1.29 is 30.4 Å². The molecule has 0 unspecified atom stereocenters. The highest BCUT2D eigenvalue weighted by Crippen LogP contribution is 2.35. The van der Waals surface area contributed by atoms with Gasteiger partial charge in [0.1, 0.15) is 11.3 Å². The number of nitrogens with zero attached hydrogens (tertiary/aromatic N) is 4. The summed E-state index contributed by atoms with van der Waals surface area (Å²) < 4.78 is 34.0. The molecule has 1 amide bonds. The summed E-state index contributed by atoms with van der Waals surface area (Å²) in [5.41, 5.74) is 1.17. The van der Waals surface area contributed by atoms with Gasteiger partial charge >= 0.3 is 0 Å². The molecule has 0 aliphatic carbocycles. The van der Waals surface area contributed by atoms with E-state index in [-0.39, 0.29) is 23.2 Å². The lowest BCUT2D eigenvalue weighted by atomic mass is 10.2. The number of likely N-dealkylation sites (N-methyl/N-ethyl adjacent to an activating group) is 1. The molecule has 0 spiro atoms. The van der Waals surface area contributed by atoms with Crippen LogP contribution in [0.1, 0.15) is 44.0 Å². The molecule has 0 atom stereocenters. The molecule has 1 fully saturated rings. The fourth-order valence-electron chi connectivity index (χ4n) is 4.37. The average molecular weight is 566 g/mol. The van der Waals surface area contributed by atoms with Gasteiger partial charge in [-0.15, -0.1) is 0 Å². The first-order valence-electron chi connectivity index (χ1n) is 12.6. The van der Waals surface area contributed by atoms with Crippen LogP contribution in [0.15, 0.2) is 47.4 Å². The van der Waals surface area contributed by atoms with Crippen LogP contribution in [-0.2, 0) is 10.0 Å². The number of aromatic nitrogens is 1. The van der Waals surface area contributed by atoms with Crippen molar-refractivity contribution in [1.29, 1.82) is 0 Å². The van der Waals surface area contributed by atoms with Gasteiger partial charge in [-0.1, -0.05) is 31.3 Å². The molecule has 1 aliphatic rings. The maximum Gasteiger partial charge on any atom is 0.260 e. The zero-order chi connectivity index (χ0) is 25.7. The van der Waals surface area contributed by atoms with E-state index in [1.54, 1.807) is 17.0 Å². The molecule has 2 aromatic carbocycles. The maximum atomic E-state index is 13.7. The molecule has 202 valence electrons. The number of rotatable bonds is 11. The van der Waals surface area contributed by atoms with Crippen molar-refractivity contribution in [3.05, 3.63) is 48.0 Å². The molecule has 2 heterocycles. The van der Waals surface area contributed by atoms with Crippen molar-refractivity contribution in [2.75, 3.05) is 50.8 Å². The van der Waals surface area contributed by atoms with Gasteiger partial charge in [0.05, 0.1) is 16.2 Å². The maximum absolute atomic E-state index is 13.7. The summed E-state index contributed by atoms with van der Waals surface area (Å²) >= 11 is 1.45. The monoisotopic (exact) mass is 565 g/mol. The zero-order valence-corrected chi connectivity index (χ0v) is 23.9. The van der Waals surface area contributed by atoms with E-state index >= 15 is 0 Å². The second kappa shape index (κ2) is 13.0. The highest BCUT2D eigenvalue weighted by Gasteiger charge is 2.28. The normalized spacial score (nSPS) is 14.2. The van der Waals surface area contributed by atoms with Crippen molar-refractivity contribution in [2.45, 2.75) is 38.5 Å². The summed E-state index contributed by atoms with van der Waals surface area (Å²) in [6.45, 7) is 10.7. The Hall–Kier alpha value is -2.24. The summed E-state index contributed by atoms with van der Waals surface area (Å²) in [5, 5.41) is 0.600. The Morgan fingerprint density at radius 3 is 2.32 bits per heavy atom. The molecule has 1 aromatic heterocycles. The summed E-state index contributed by atoms with van der Waals surface area (Å²) in [7, 11) is -3.53. The molecule has 1 saturated heterocycles. The number of thiazole rings is 1. The Kier molecular flexibility index (Phi) is 10.3. The molecular formula is C26H34ClN4O4S2-. The minimum Gasteiger partial charge on any atom is -1.00 e. The predicted molar refractivity (Wildman–Crippen MR) is 145 cm³/mol. The van der Waals surface area contributed by atoms with Gasteiger partial charge in [-0.2, -0.15) is 4.31 Å². The Morgan fingerprint density at radius 1 is 1.03 bits per heavy atom. The van der Waals surface area contributed by atoms with Gasteiger partial charge in [-0.25, -0.2) is 13.4 Å². The second-order valence-corrected chi connectivity index (χ2v) is 11.6. The number of ether oxygens (including phenoxy) is 1. The van der Waals surface area contributed by atoms with Crippen molar-refractivity contribution in [3.8, 4) is 5.75 Å². The fourth-order valence-corrected chi connectivity index (χ4v) is 6.89. The van der Waals surface area contributed by atoms with E-state index < -0.39 is 10.0 Å². The molecule has 11 heteroatoms. The van der Waals surface area contributed by atoms with Crippen LogP contribution in [0.2, 0.25) is 0 Å². The molecule has 1 aliphatic heterocycles. The standard InChI is InChI=1S/C26H34N4O4S2.ClH/c1-4-28(5-2)18-19-30(26-27-24-22(34-6-3)10-9-11-23(24)35-26)25(31)20-12-14-21(15-13-20)36(32,33)29-16-7-8-17-29;/h9-15H,4-8,16-19H2,1-3H3;1H/p-1. The smallest absolute Gasteiger partial charge is 0.260 e. The number of para-hydroxylation sites is 1. The highest BCUT2D eigenvalue weighted by molar-refractivity contribution is 7.89. The Bertz CT molecular complexity index is 1290. The molecule has 4 rings (SSSR count). The molecule has 0 N–H and O–H groups in total. The number of amides is 1. The molecule has 8 nitrogen and oxygen atoms in total. The largest absolute Gasteiger partial charge is 1.00 e. The van der Waals surface area contributed by atoms with Gasteiger partial charge in [0.25, 0.3) is 5.91 Å². The third-order valence-electron chi connectivity index (χ3n) is 6.48.